The van der Waals surface area contributed by atoms with Crippen molar-refractivity contribution in [2.45, 2.75) is 50.6 Å². The van der Waals surface area contributed by atoms with Crippen molar-refractivity contribution in [3.05, 3.63) is 41.6 Å². The van der Waals surface area contributed by atoms with Gasteiger partial charge in [0.15, 0.2) is 11.5 Å². The molecule has 10 heteroatoms. The van der Waals surface area contributed by atoms with E-state index < -0.39 is 29.5 Å². The number of aromatic nitrogens is 1. The predicted molar refractivity (Wildman–Crippen MR) is 124 cm³/mol. The molecule has 0 spiro atoms. The average molecular weight is 491 g/mol. The van der Waals surface area contributed by atoms with Gasteiger partial charge >= 0.3 is 0 Å². The van der Waals surface area contributed by atoms with Gasteiger partial charge in [-0.25, -0.2) is 8.78 Å². The maximum atomic E-state index is 14.1. The van der Waals surface area contributed by atoms with Gasteiger partial charge in [0.1, 0.15) is 11.6 Å². The zero-order valence-corrected chi connectivity index (χ0v) is 19.9. The van der Waals surface area contributed by atoms with E-state index >= 15 is 0 Å². The third kappa shape index (κ3) is 5.87. The number of carbonyl (C=O) groups is 2. The lowest BCUT2D eigenvalue weighted by Gasteiger charge is -2.43. The number of nitrogens with one attached hydrogen (secondary N) is 1. The van der Waals surface area contributed by atoms with Crippen LogP contribution in [0.5, 0.6) is 0 Å². The van der Waals surface area contributed by atoms with E-state index in [1.807, 2.05) is 0 Å². The molecule has 1 aliphatic heterocycles. The number of carbonyl (C=O) groups excluding carboxylic acids is 2. The summed E-state index contributed by atoms with van der Waals surface area (Å²) in [5.74, 6) is -2.64. The van der Waals surface area contributed by atoms with E-state index in [0.717, 1.165) is 31.5 Å². The van der Waals surface area contributed by atoms with Crippen molar-refractivity contribution >= 4 is 11.8 Å². The first-order valence-corrected chi connectivity index (χ1v) is 12.2. The molecule has 4 rings (SSSR count). The van der Waals surface area contributed by atoms with Crippen molar-refractivity contribution in [1.82, 2.24) is 20.3 Å². The first-order chi connectivity index (χ1) is 16.9. The lowest BCUT2D eigenvalue weighted by molar-refractivity contribution is -0.138. The number of amides is 2. The average Bonchev–Trinajstić information content (AvgIpc) is 3.35. The second kappa shape index (κ2) is 11.3. The molecule has 35 heavy (non-hydrogen) atoms. The molecule has 0 unspecified atom stereocenters. The number of halogens is 2. The van der Waals surface area contributed by atoms with Crippen LogP contribution in [0.2, 0.25) is 0 Å². The van der Waals surface area contributed by atoms with E-state index in [-0.39, 0.29) is 36.1 Å². The zero-order valence-electron chi connectivity index (χ0n) is 19.9. The van der Waals surface area contributed by atoms with Gasteiger partial charge in [0, 0.05) is 50.9 Å². The third-order valence-electron chi connectivity index (χ3n) is 7.12. The van der Waals surface area contributed by atoms with Crippen molar-refractivity contribution in [1.29, 1.82) is 0 Å². The molecule has 2 heterocycles. The normalized spacial score (nSPS) is 21.6. The first-order valence-electron chi connectivity index (χ1n) is 12.2. The summed E-state index contributed by atoms with van der Waals surface area (Å²) in [6.45, 7) is 1.39. The van der Waals surface area contributed by atoms with E-state index in [9.17, 15) is 23.5 Å². The SMILES string of the molecule is CN(CCO)C(=O)[C@@H]1CN(C2CCCCC2)CC[C@H]1NC(=O)c1cc(-c2ccc(F)cc2F)on1. The number of likely N-dealkylation sites (N-methyl/N-ethyl adjacent to an activating group) is 1. The molecule has 190 valence electrons. The number of rotatable bonds is 7. The maximum Gasteiger partial charge on any atom is 0.273 e. The van der Waals surface area contributed by atoms with Gasteiger partial charge in [0.25, 0.3) is 5.91 Å². The summed E-state index contributed by atoms with van der Waals surface area (Å²) in [5.41, 5.74) is -0.0502. The fourth-order valence-corrected chi connectivity index (χ4v) is 5.16. The van der Waals surface area contributed by atoms with Crippen LogP contribution >= 0.6 is 0 Å². The van der Waals surface area contributed by atoms with E-state index in [0.29, 0.717) is 19.0 Å². The molecule has 2 fully saturated rings. The van der Waals surface area contributed by atoms with Gasteiger partial charge in [-0.05, 0) is 31.4 Å². The van der Waals surface area contributed by atoms with Crippen LogP contribution in [0.4, 0.5) is 8.78 Å². The molecule has 0 radical (unpaired) electrons. The Balaban J connectivity index is 1.48. The smallest absolute Gasteiger partial charge is 0.273 e. The van der Waals surface area contributed by atoms with E-state index in [4.69, 9.17) is 4.52 Å². The number of aliphatic hydroxyl groups is 1. The molecule has 2 aliphatic rings. The molecular formula is C25H32F2N4O4. The van der Waals surface area contributed by atoms with Gasteiger partial charge < -0.3 is 19.8 Å². The topological polar surface area (TPSA) is 98.9 Å². The fourth-order valence-electron chi connectivity index (χ4n) is 5.16. The van der Waals surface area contributed by atoms with Crippen LogP contribution in [0, 0.1) is 17.6 Å². The van der Waals surface area contributed by atoms with Crippen LogP contribution in [-0.4, -0.2) is 77.2 Å². The number of likely N-dealkylation sites (tertiary alicyclic amines) is 1. The summed E-state index contributed by atoms with van der Waals surface area (Å²) in [6.07, 6.45) is 6.45. The Morgan fingerprint density at radius 3 is 2.69 bits per heavy atom. The van der Waals surface area contributed by atoms with Crippen LogP contribution in [0.1, 0.15) is 49.0 Å². The van der Waals surface area contributed by atoms with Crippen LogP contribution in [0.15, 0.2) is 28.8 Å². The van der Waals surface area contributed by atoms with E-state index in [1.54, 1.807) is 7.05 Å². The second-order valence-electron chi connectivity index (χ2n) is 9.45. The summed E-state index contributed by atoms with van der Waals surface area (Å²) in [4.78, 5) is 30.1. The fraction of sp³-hybridized carbons (Fsp3) is 0.560. The van der Waals surface area contributed by atoms with E-state index in [2.05, 4.69) is 15.4 Å². The quantitative estimate of drug-likeness (QED) is 0.619. The molecule has 1 aromatic heterocycles. The Labute approximate surface area is 203 Å². The van der Waals surface area contributed by atoms with Crippen molar-refractivity contribution in [3.8, 4) is 11.3 Å². The minimum absolute atomic E-state index is 0.00239. The van der Waals surface area contributed by atoms with Gasteiger partial charge in [-0.15, -0.1) is 0 Å². The van der Waals surface area contributed by atoms with Gasteiger partial charge in [0.2, 0.25) is 5.91 Å². The van der Waals surface area contributed by atoms with Gasteiger partial charge in [-0.1, -0.05) is 24.4 Å². The molecule has 2 amide bonds. The standard InChI is InChI=1S/C25H32F2N4O4/c1-30(11-12-32)25(34)19-15-31(17-5-3-2-4-6-17)10-9-21(19)28-24(33)22-14-23(35-29-22)18-8-7-16(26)13-20(18)27/h7-8,13-14,17,19,21,32H,2-6,9-12,15H2,1H3,(H,28,33)/t19-,21-/m1/s1. The van der Waals surface area contributed by atoms with Crippen LogP contribution < -0.4 is 5.32 Å². The van der Waals surface area contributed by atoms with Crippen LogP contribution in [0.25, 0.3) is 11.3 Å². The van der Waals surface area contributed by atoms with Crippen LogP contribution in [-0.2, 0) is 4.79 Å². The first kappa shape index (κ1) is 25.2. The number of hydrogen-bond donors (Lipinski definition) is 2. The van der Waals surface area contributed by atoms with Crippen molar-refractivity contribution in [3.63, 3.8) is 0 Å². The number of benzene rings is 1. The van der Waals surface area contributed by atoms with Crippen molar-refractivity contribution < 1.29 is 28.0 Å². The predicted octanol–water partition coefficient (Wildman–Crippen LogP) is 2.82. The third-order valence-corrected chi connectivity index (χ3v) is 7.12. The highest BCUT2D eigenvalue weighted by atomic mass is 19.1. The molecule has 2 atom stereocenters. The Hall–Kier alpha value is -2.85. The minimum Gasteiger partial charge on any atom is -0.395 e. The lowest BCUT2D eigenvalue weighted by Crippen LogP contribution is -2.58. The Morgan fingerprint density at radius 2 is 1.97 bits per heavy atom. The monoisotopic (exact) mass is 490 g/mol. The number of nitrogens with zero attached hydrogens (tertiary/aromatic N) is 3. The molecule has 1 aliphatic carbocycles. The van der Waals surface area contributed by atoms with Gasteiger partial charge in [-0.3, -0.25) is 14.5 Å². The van der Waals surface area contributed by atoms with Gasteiger partial charge in [0.05, 0.1) is 18.1 Å². The highest BCUT2D eigenvalue weighted by molar-refractivity contribution is 5.94. The van der Waals surface area contributed by atoms with Crippen LogP contribution in [0.3, 0.4) is 0 Å². The Morgan fingerprint density at radius 1 is 1.20 bits per heavy atom. The molecular weight excluding hydrogens is 458 g/mol. The van der Waals surface area contributed by atoms with Crippen molar-refractivity contribution in [2.24, 2.45) is 5.92 Å². The maximum absolute atomic E-state index is 14.1. The van der Waals surface area contributed by atoms with Gasteiger partial charge in [-0.2, -0.15) is 0 Å². The molecule has 1 aromatic carbocycles. The summed E-state index contributed by atoms with van der Waals surface area (Å²) < 4.78 is 32.4. The molecule has 1 saturated carbocycles. The lowest BCUT2D eigenvalue weighted by atomic mass is 9.86. The highest BCUT2D eigenvalue weighted by Gasteiger charge is 2.39. The summed E-state index contributed by atoms with van der Waals surface area (Å²) in [7, 11) is 1.65. The number of hydrogen-bond acceptors (Lipinski definition) is 6. The molecule has 1 saturated heterocycles. The summed E-state index contributed by atoms with van der Waals surface area (Å²) in [5, 5.41) is 16.0. The highest BCUT2D eigenvalue weighted by Crippen LogP contribution is 2.29. The van der Waals surface area contributed by atoms with Crippen molar-refractivity contribution in [2.75, 3.05) is 33.3 Å². The number of aliphatic hydroxyl groups excluding tert-OH is 1. The Bertz CT molecular complexity index is 1040. The second-order valence-corrected chi connectivity index (χ2v) is 9.45. The summed E-state index contributed by atoms with van der Waals surface area (Å²) in [6, 6.07) is 4.38. The molecule has 8 nitrogen and oxygen atoms in total. The largest absolute Gasteiger partial charge is 0.395 e. The summed E-state index contributed by atoms with van der Waals surface area (Å²) >= 11 is 0. The molecule has 2 aromatic rings. The Kier molecular flexibility index (Phi) is 8.12. The minimum atomic E-state index is -0.819. The van der Waals surface area contributed by atoms with E-state index in [1.165, 1.54) is 36.3 Å². The molecule has 2 N–H and O–H groups in total. The molecule has 0 bridgehead atoms. The zero-order chi connectivity index (χ0) is 24.9. The number of piperidine rings is 1.